The molecule has 3 rings (SSSR count). The van der Waals surface area contributed by atoms with E-state index in [2.05, 4.69) is 34.9 Å². The molecule has 0 aliphatic carbocycles. The van der Waals surface area contributed by atoms with Gasteiger partial charge in [0.05, 0.1) is 0 Å². The molecule has 0 saturated carbocycles. The molecule has 0 unspecified atom stereocenters. The molecule has 2 N–H and O–H groups in total. The Labute approximate surface area is 135 Å². The first-order valence-corrected chi connectivity index (χ1v) is 8.08. The first-order valence-electron chi connectivity index (χ1n) is 7.70. The number of benzene rings is 2. The number of hydrogen-bond acceptors (Lipinski definition) is 2. The van der Waals surface area contributed by atoms with Crippen molar-refractivity contribution in [3.05, 3.63) is 70.5 Å². The molecule has 1 aliphatic heterocycles. The third-order valence-electron chi connectivity index (χ3n) is 4.22. The highest BCUT2D eigenvalue weighted by Gasteiger charge is 2.25. The van der Waals surface area contributed by atoms with Crippen molar-refractivity contribution in [2.45, 2.75) is 31.5 Å². The van der Waals surface area contributed by atoms with Gasteiger partial charge in [0.25, 0.3) is 0 Å². The number of piperidine rings is 1. The lowest BCUT2D eigenvalue weighted by atomic mass is 9.92. The van der Waals surface area contributed by atoms with Gasteiger partial charge in [-0.2, -0.15) is 0 Å². The van der Waals surface area contributed by atoms with Crippen LogP contribution >= 0.6 is 11.6 Å². The maximum absolute atomic E-state index is 13.9. The minimum Gasteiger partial charge on any atom is -0.309 e. The van der Waals surface area contributed by atoms with Crippen LogP contribution in [0.3, 0.4) is 0 Å². The van der Waals surface area contributed by atoms with Crippen molar-refractivity contribution in [3.63, 3.8) is 0 Å². The predicted molar refractivity (Wildman–Crippen MR) is 88.5 cm³/mol. The van der Waals surface area contributed by atoms with E-state index in [1.165, 1.54) is 11.6 Å². The van der Waals surface area contributed by atoms with Gasteiger partial charge in [-0.05, 0) is 37.1 Å². The zero-order valence-electron chi connectivity index (χ0n) is 12.4. The van der Waals surface area contributed by atoms with Crippen LogP contribution in [0.2, 0.25) is 5.02 Å². The summed E-state index contributed by atoms with van der Waals surface area (Å²) in [6.07, 6.45) is 2.19. The molecule has 1 aliphatic rings. The van der Waals surface area contributed by atoms with Crippen molar-refractivity contribution in [3.8, 4) is 0 Å². The predicted octanol–water partition coefficient (Wildman–Crippen LogP) is 4.06. The van der Waals surface area contributed by atoms with E-state index in [1.54, 1.807) is 12.1 Å². The number of nitrogens with one attached hydrogen (secondary N) is 2. The standard InChI is InChI=1S/C18H20ClFN2/c19-15-8-4-9-16(20)14(15)12-22-17-10-5-11-21-18(17)13-6-2-1-3-7-13/h1-4,6-9,17-18,21-22H,5,10-12H2/t17-,18-/m1/s1. The number of hydrogen-bond donors (Lipinski definition) is 2. The summed E-state index contributed by atoms with van der Waals surface area (Å²) in [4.78, 5) is 0. The average Bonchev–Trinajstić information content (AvgIpc) is 2.56. The van der Waals surface area contributed by atoms with Gasteiger partial charge in [-0.25, -0.2) is 4.39 Å². The van der Waals surface area contributed by atoms with Crippen molar-refractivity contribution < 1.29 is 4.39 Å². The monoisotopic (exact) mass is 318 g/mol. The molecule has 2 aromatic rings. The van der Waals surface area contributed by atoms with Gasteiger partial charge in [0.15, 0.2) is 0 Å². The van der Waals surface area contributed by atoms with E-state index in [0.717, 1.165) is 19.4 Å². The van der Waals surface area contributed by atoms with E-state index in [1.807, 2.05) is 6.07 Å². The number of rotatable bonds is 4. The Kier molecular flexibility index (Phi) is 5.08. The molecule has 1 fully saturated rings. The highest BCUT2D eigenvalue weighted by atomic mass is 35.5. The largest absolute Gasteiger partial charge is 0.309 e. The van der Waals surface area contributed by atoms with E-state index >= 15 is 0 Å². The minimum absolute atomic E-state index is 0.250. The second kappa shape index (κ2) is 7.23. The van der Waals surface area contributed by atoms with Crippen molar-refractivity contribution in [2.24, 2.45) is 0 Å². The lowest BCUT2D eigenvalue weighted by Gasteiger charge is -2.34. The molecule has 0 aromatic heterocycles. The normalized spacial score (nSPS) is 21.7. The molecule has 4 heteroatoms. The van der Waals surface area contributed by atoms with Crippen molar-refractivity contribution in [1.29, 1.82) is 0 Å². The summed E-state index contributed by atoms with van der Waals surface area (Å²) in [5, 5.41) is 7.52. The maximum Gasteiger partial charge on any atom is 0.129 e. The van der Waals surface area contributed by atoms with E-state index in [4.69, 9.17) is 11.6 Å². The highest BCUT2D eigenvalue weighted by molar-refractivity contribution is 6.31. The molecular formula is C18H20ClFN2. The van der Waals surface area contributed by atoms with Crippen LogP contribution in [0.25, 0.3) is 0 Å². The summed E-state index contributed by atoms with van der Waals surface area (Å²) < 4.78 is 13.9. The zero-order chi connectivity index (χ0) is 15.4. The fourth-order valence-electron chi connectivity index (χ4n) is 3.05. The Hall–Kier alpha value is -1.42. The number of halogens is 2. The van der Waals surface area contributed by atoms with Crippen LogP contribution in [0.5, 0.6) is 0 Å². The lowest BCUT2D eigenvalue weighted by Crippen LogP contribution is -2.45. The van der Waals surface area contributed by atoms with Gasteiger partial charge in [0.1, 0.15) is 5.82 Å². The Morgan fingerprint density at radius 2 is 1.95 bits per heavy atom. The van der Waals surface area contributed by atoms with Gasteiger partial charge in [-0.3, -0.25) is 0 Å². The van der Waals surface area contributed by atoms with Crippen LogP contribution in [0.15, 0.2) is 48.5 Å². The Morgan fingerprint density at radius 1 is 1.14 bits per heavy atom. The smallest absolute Gasteiger partial charge is 0.129 e. The van der Waals surface area contributed by atoms with Gasteiger partial charge < -0.3 is 10.6 Å². The Balaban J connectivity index is 1.72. The third kappa shape index (κ3) is 3.49. The summed E-state index contributed by atoms with van der Waals surface area (Å²) >= 11 is 6.10. The van der Waals surface area contributed by atoms with Crippen LogP contribution in [0.4, 0.5) is 4.39 Å². The highest BCUT2D eigenvalue weighted by Crippen LogP contribution is 2.25. The molecule has 0 radical (unpaired) electrons. The first kappa shape index (κ1) is 15.5. The summed E-state index contributed by atoms with van der Waals surface area (Å²) in [6.45, 7) is 1.46. The van der Waals surface area contributed by atoms with E-state index < -0.39 is 0 Å². The molecule has 0 amide bonds. The maximum atomic E-state index is 13.9. The van der Waals surface area contributed by atoms with E-state index in [-0.39, 0.29) is 17.9 Å². The van der Waals surface area contributed by atoms with Gasteiger partial charge in [0.2, 0.25) is 0 Å². The van der Waals surface area contributed by atoms with Crippen LogP contribution in [-0.4, -0.2) is 12.6 Å². The molecule has 1 heterocycles. The van der Waals surface area contributed by atoms with Crippen molar-refractivity contribution >= 4 is 11.6 Å². The van der Waals surface area contributed by atoms with Crippen LogP contribution in [-0.2, 0) is 6.54 Å². The molecule has 22 heavy (non-hydrogen) atoms. The van der Waals surface area contributed by atoms with Gasteiger partial charge in [-0.15, -0.1) is 0 Å². The summed E-state index contributed by atoms with van der Waals surface area (Å²) in [5.74, 6) is -0.250. The second-order valence-electron chi connectivity index (χ2n) is 5.67. The second-order valence-corrected chi connectivity index (χ2v) is 6.08. The first-order chi connectivity index (χ1) is 10.8. The van der Waals surface area contributed by atoms with E-state index in [9.17, 15) is 4.39 Å². The molecule has 2 atom stereocenters. The lowest BCUT2D eigenvalue weighted by molar-refractivity contribution is 0.303. The molecule has 0 spiro atoms. The van der Waals surface area contributed by atoms with Crippen molar-refractivity contribution in [2.75, 3.05) is 6.54 Å². The summed E-state index contributed by atoms with van der Waals surface area (Å²) in [7, 11) is 0. The Bertz CT molecular complexity index is 597. The molecule has 116 valence electrons. The fourth-order valence-corrected chi connectivity index (χ4v) is 3.28. The summed E-state index contributed by atoms with van der Waals surface area (Å²) in [5.41, 5.74) is 1.81. The van der Waals surface area contributed by atoms with Crippen LogP contribution < -0.4 is 10.6 Å². The third-order valence-corrected chi connectivity index (χ3v) is 4.57. The zero-order valence-corrected chi connectivity index (χ0v) is 13.1. The molecular weight excluding hydrogens is 299 g/mol. The van der Waals surface area contributed by atoms with E-state index in [0.29, 0.717) is 17.1 Å². The SMILES string of the molecule is Fc1cccc(Cl)c1CN[C@@H]1CCCN[C@@H]1c1ccccc1. The molecule has 1 saturated heterocycles. The molecule has 0 bridgehead atoms. The minimum atomic E-state index is -0.250. The van der Waals surface area contributed by atoms with Crippen molar-refractivity contribution in [1.82, 2.24) is 10.6 Å². The fraction of sp³-hybridized carbons (Fsp3) is 0.333. The topological polar surface area (TPSA) is 24.1 Å². The van der Waals surface area contributed by atoms with Gasteiger partial charge >= 0.3 is 0 Å². The summed E-state index contributed by atoms with van der Waals surface area (Å²) in [6, 6.07) is 15.7. The quantitative estimate of drug-likeness (QED) is 0.888. The van der Waals surface area contributed by atoms with Gasteiger partial charge in [0, 0.05) is 29.2 Å². The molecule has 2 aromatic carbocycles. The van der Waals surface area contributed by atoms with Crippen LogP contribution in [0.1, 0.15) is 30.0 Å². The average molecular weight is 319 g/mol. The van der Waals surface area contributed by atoms with Crippen LogP contribution in [0, 0.1) is 5.82 Å². The van der Waals surface area contributed by atoms with Gasteiger partial charge in [-0.1, -0.05) is 48.0 Å². The Morgan fingerprint density at radius 3 is 2.73 bits per heavy atom. The molecule has 2 nitrogen and oxygen atoms in total.